The Bertz CT molecular complexity index is 515. The highest BCUT2D eigenvalue weighted by molar-refractivity contribution is 5.90. The number of rotatable bonds is 4. The summed E-state index contributed by atoms with van der Waals surface area (Å²) >= 11 is 0. The molecule has 5 heteroatoms. The number of ether oxygens (including phenoxy) is 1. The van der Waals surface area contributed by atoms with Gasteiger partial charge in [-0.1, -0.05) is 18.2 Å². The minimum atomic E-state index is -0.243. The fourth-order valence-corrected chi connectivity index (χ4v) is 1.67. The van der Waals surface area contributed by atoms with Crippen LogP contribution in [0.1, 0.15) is 11.1 Å². The number of carbonyl (C=O) groups excluding carboxylic acids is 1. The highest BCUT2D eigenvalue weighted by atomic mass is 16.5. The van der Waals surface area contributed by atoms with Crippen molar-refractivity contribution in [3.8, 4) is 5.75 Å². The summed E-state index contributed by atoms with van der Waals surface area (Å²) in [5.41, 5.74) is 2.03. The largest absolute Gasteiger partial charge is 0.483 e. The molecule has 1 heterocycles. The van der Waals surface area contributed by atoms with E-state index in [4.69, 9.17) is 4.74 Å². The third kappa shape index (κ3) is 2.88. The monoisotopic (exact) mass is 245 g/mol. The maximum absolute atomic E-state index is 11.6. The van der Waals surface area contributed by atoms with Crippen molar-refractivity contribution in [2.24, 2.45) is 0 Å². The van der Waals surface area contributed by atoms with Crippen molar-refractivity contribution in [2.45, 2.75) is 13.8 Å². The SMILES string of the molecule is Cc1cccc(C)c1OCC(=O)Nc1ncc[nH]1. The molecule has 0 aliphatic carbocycles. The van der Waals surface area contributed by atoms with Gasteiger partial charge in [-0.15, -0.1) is 0 Å². The van der Waals surface area contributed by atoms with E-state index in [-0.39, 0.29) is 12.5 Å². The Balaban J connectivity index is 1.93. The number of benzene rings is 1. The van der Waals surface area contributed by atoms with Gasteiger partial charge in [0, 0.05) is 12.4 Å². The molecule has 5 nitrogen and oxygen atoms in total. The quantitative estimate of drug-likeness (QED) is 0.866. The number of nitrogens with zero attached hydrogens (tertiary/aromatic N) is 1. The fraction of sp³-hybridized carbons (Fsp3) is 0.231. The lowest BCUT2D eigenvalue weighted by Crippen LogP contribution is -2.21. The van der Waals surface area contributed by atoms with Gasteiger partial charge in [0.25, 0.3) is 5.91 Å². The number of hydrogen-bond acceptors (Lipinski definition) is 3. The molecule has 0 spiro atoms. The molecule has 18 heavy (non-hydrogen) atoms. The Hall–Kier alpha value is -2.30. The van der Waals surface area contributed by atoms with E-state index in [1.165, 1.54) is 0 Å². The molecule has 0 saturated heterocycles. The summed E-state index contributed by atoms with van der Waals surface area (Å²) in [5.74, 6) is 0.935. The summed E-state index contributed by atoms with van der Waals surface area (Å²) in [5, 5.41) is 2.60. The number of imidazole rings is 1. The van der Waals surface area contributed by atoms with E-state index in [0.717, 1.165) is 16.9 Å². The van der Waals surface area contributed by atoms with Gasteiger partial charge in [0.2, 0.25) is 5.95 Å². The van der Waals surface area contributed by atoms with Crippen LogP contribution in [0.4, 0.5) is 5.95 Å². The van der Waals surface area contributed by atoms with E-state index in [2.05, 4.69) is 15.3 Å². The Labute approximate surface area is 105 Å². The second-order valence-corrected chi connectivity index (χ2v) is 4.00. The van der Waals surface area contributed by atoms with Crippen LogP contribution in [-0.2, 0) is 4.79 Å². The van der Waals surface area contributed by atoms with Crippen LogP contribution in [0.3, 0.4) is 0 Å². The maximum atomic E-state index is 11.6. The summed E-state index contributed by atoms with van der Waals surface area (Å²) in [6.07, 6.45) is 3.21. The fourth-order valence-electron chi connectivity index (χ4n) is 1.67. The number of para-hydroxylation sites is 1. The van der Waals surface area contributed by atoms with Gasteiger partial charge < -0.3 is 9.72 Å². The number of amides is 1. The molecule has 2 aromatic rings. The minimum Gasteiger partial charge on any atom is -0.483 e. The summed E-state index contributed by atoms with van der Waals surface area (Å²) in [6.45, 7) is 3.87. The molecule has 2 N–H and O–H groups in total. The van der Waals surface area contributed by atoms with Gasteiger partial charge in [-0.3, -0.25) is 10.1 Å². The molecule has 0 aliphatic rings. The van der Waals surface area contributed by atoms with E-state index in [9.17, 15) is 4.79 Å². The van der Waals surface area contributed by atoms with Gasteiger partial charge in [0.15, 0.2) is 6.61 Å². The van der Waals surface area contributed by atoms with Crippen molar-refractivity contribution in [2.75, 3.05) is 11.9 Å². The first-order chi connectivity index (χ1) is 8.66. The van der Waals surface area contributed by atoms with Gasteiger partial charge >= 0.3 is 0 Å². The van der Waals surface area contributed by atoms with Crippen LogP contribution in [-0.4, -0.2) is 22.5 Å². The van der Waals surface area contributed by atoms with E-state index in [0.29, 0.717) is 5.95 Å². The maximum Gasteiger partial charge on any atom is 0.264 e. The number of carbonyl (C=O) groups is 1. The first kappa shape index (κ1) is 12.2. The molecule has 94 valence electrons. The predicted octanol–water partition coefficient (Wildman–Crippen LogP) is 2.04. The normalized spacial score (nSPS) is 10.1. The number of hydrogen-bond donors (Lipinski definition) is 2. The molecule has 0 saturated carbocycles. The highest BCUT2D eigenvalue weighted by Gasteiger charge is 2.08. The highest BCUT2D eigenvalue weighted by Crippen LogP contribution is 2.22. The van der Waals surface area contributed by atoms with Crippen LogP contribution in [0.5, 0.6) is 5.75 Å². The van der Waals surface area contributed by atoms with Crippen molar-refractivity contribution in [1.29, 1.82) is 0 Å². The third-order valence-electron chi connectivity index (χ3n) is 2.51. The molecule has 0 unspecified atom stereocenters. The van der Waals surface area contributed by atoms with E-state index < -0.39 is 0 Å². The van der Waals surface area contributed by atoms with Crippen molar-refractivity contribution < 1.29 is 9.53 Å². The second-order valence-electron chi connectivity index (χ2n) is 4.00. The standard InChI is InChI=1S/C13H15N3O2/c1-9-4-3-5-10(2)12(9)18-8-11(17)16-13-14-6-7-15-13/h3-7H,8H2,1-2H3,(H2,14,15,16,17). The van der Waals surface area contributed by atoms with Gasteiger partial charge in [-0.2, -0.15) is 0 Å². The average Bonchev–Trinajstić information content (AvgIpc) is 2.81. The van der Waals surface area contributed by atoms with Crippen LogP contribution in [0, 0.1) is 13.8 Å². The molecule has 0 radical (unpaired) electrons. The van der Waals surface area contributed by atoms with E-state index in [1.54, 1.807) is 12.4 Å². The number of H-pyrrole nitrogens is 1. The van der Waals surface area contributed by atoms with Gasteiger partial charge in [-0.25, -0.2) is 4.98 Å². The lowest BCUT2D eigenvalue weighted by molar-refractivity contribution is -0.118. The first-order valence-electron chi connectivity index (χ1n) is 5.65. The Morgan fingerprint density at radius 2 is 2.11 bits per heavy atom. The average molecular weight is 245 g/mol. The molecule has 1 amide bonds. The molecule has 0 bridgehead atoms. The zero-order valence-electron chi connectivity index (χ0n) is 10.4. The van der Waals surface area contributed by atoms with E-state index >= 15 is 0 Å². The summed E-state index contributed by atoms with van der Waals surface area (Å²) in [4.78, 5) is 18.3. The molecule has 0 atom stereocenters. The van der Waals surface area contributed by atoms with E-state index in [1.807, 2.05) is 32.0 Å². The molecule has 0 fully saturated rings. The van der Waals surface area contributed by atoms with Crippen LogP contribution in [0.15, 0.2) is 30.6 Å². The van der Waals surface area contributed by atoms with Gasteiger partial charge in [0.1, 0.15) is 5.75 Å². The molecule has 1 aromatic carbocycles. The van der Waals surface area contributed by atoms with Crippen LogP contribution < -0.4 is 10.1 Å². The lowest BCUT2D eigenvalue weighted by atomic mass is 10.1. The van der Waals surface area contributed by atoms with Gasteiger partial charge in [-0.05, 0) is 25.0 Å². The van der Waals surface area contributed by atoms with Crippen molar-refractivity contribution in [1.82, 2.24) is 9.97 Å². The van der Waals surface area contributed by atoms with Gasteiger partial charge in [0.05, 0.1) is 0 Å². The molecule has 0 aliphatic heterocycles. The lowest BCUT2D eigenvalue weighted by Gasteiger charge is -2.11. The smallest absolute Gasteiger partial charge is 0.264 e. The second kappa shape index (κ2) is 5.35. The van der Waals surface area contributed by atoms with Crippen LogP contribution in [0.25, 0.3) is 0 Å². The number of aromatic amines is 1. The Morgan fingerprint density at radius 3 is 2.72 bits per heavy atom. The van der Waals surface area contributed by atoms with Crippen molar-refractivity contribution >= 4 is 11.9 Å². The number of aromatic nitrogens is 2. The molecular formula is C13H15N3O2. The summed E-state index contributed by atoms with van der Waals surface area (Å²) in [7, 11) is 0. The predicted molar refractivity (Wildman–Crippen MR) is 68.6 cm³/mol. The third-order valence-corrected chi connectivity index (χ3v) is 2.51. The number of aryl methyl sites for hydroxylation is 2. The zero-order chi connectivity index (χ0) is 13.0. The molecule has 2 rings (SSSR count). The minimum absolute atomic E-state index is 0.0353. The first-order valence-corrected chi connectivity index (χ1v) is 5.65. The number of anilines is 1. The zero-order valence-corrected chi connectivity index (χ0v) is 10.4. The summed E-state index contributed by atoms with van der Waals surface area (Å²) < 4.78 is 5.52. The molecule has 1 aromatic heterocycles. The molecular weight excluding hydrogens is 230 g/mol. The van der Waals surface area contributed by atoms with Crippen molar-refractivity contribution in [3.05, 3.63) is 41.7 Å². The van der Waals surface area contributed by atoms with Crippen LogP contribution in [0.2, 0.25) is 0 Å². The Kier molecular flexibility index (Phi) is 3.62. The van der Waals surface area contributed by atoms with Crippen molar-refractivity contribution in [3.63, 3.8) is 0 Å². The topological polar surface area (TPSA) is 67.0 Å². The Morgan fingerprint density at radius 1 is 1.39 bits per heavy atom. The van der Waals surface area contributed by atoms with Crippen LogP contribution >= 0.6 is 0 Å². The summed E-state index contributed by atoms with van der Waals surface area (Å²) in [6, 6.07) is 5.86. The number of nitrogens with one attached hydrogen (secondary N) is 2.